The summed E-state index contributed by atoms with van der Waals surface area (Å²) >= 11 is 5.90. The summed E-state index contributed by atoms with van der Waals surface area (Å²) in [6.07, 6.45) is 0.317. The molecule has 4 N–H and O–H groups in total. The minimum atomic E-state index is -0.260. The third-order valence-electron chi connectivity index (χ3n) is 3.85. The normalized spacial score (nSPS) is 29.6. The molecule has 1 aromatic rings. The van der Waals surface area contributed by atoms with Crippen molar-refractivity contribution < 1.29 is 9.53 Å². The summed E-state index contributed by atoms with van der Waals surface area (Å²) in [5.41, 5.74) is 12.6. The van der Waals surface area contributed by atoms with Crippen LogP contribution in [0.1, 0.15) is 18.1 Å². The maximum Gasteiger partial charge on any atom is 0.241 e. The number of hydrogen-bond donors (Lipinski definition) is 3. The van der Waals surface area contributed by atoms with Crippen LogP contribution in [0.5, 0.6) is 0 Å². The highest BCUT2D eigenvalue weighted by molar-refractivity contribution is 6.30. The first-order chi connectivity index (χ1) is 10.1. The van der Waals surface area contributed by atoms with Gasteiger partial charge in [-0.05, 0) is 17.7 Å². The van der Waals surface area contributed by atoms with Crippen molar-refractivity contribution >= 4 is 17.5 Å². The van der Waals surface area contributed by atoms with E-state index in [0.29, 0.717) is 31.1 Å². The van der Waals surface area contributed by atoms with Crippen molar-refractivity contribution in [2.75, 3.05) is 19.7 Å². The lowest BCUT2D eigenvalue weighted by Gasteiger charge is -2.34. The Morgan fingerprint density at radius 2 is 2.10 bits per heavy atom. The summed E-state index contributed by atoms with van der Waals surface area (Å²) < 4.78 is 5.77. The van der Waals surface area contributed by atoms with E-state index in [1.165, 1.54) is 0 Å². The van der Waals surface area contributed by atoms with Crippen LogP contribution in [0.25, 0.3) is 0 Å². The minimum absolute atomic E-state index is 0.0673. The zero-order valence-electron chi connectivity index (χ0n) is 11.6. The SMILES string of the molecule is NC1CC(C(=O)N2CCOC(c3ccc(Cl)cc3)C2)NN1. The van der Waals surface area contributed by atoms with Gasteiger partial charge < -0.3 is 15.4 Å². The zero-order valence-corrected chi connectivity index (χ0v) is 12.3. The van der Waals surface area contributed by atoms with Crippen molar-refractivity contribution in [3.8, 4) is 0 Å². The molecule has 3 unspecified atom stereocenters. The fourth-order valence-corrected chi connectivity index (χ4v) is 2.82. The molecule has 2 heterocycles. The molecule has 0 radical (unpaired) electrons. The summed E-state index contributed by atoms with van der Waals surface area (Å²) in [6.45, 7) is 1.69. The molecule has 3 rings (SSSR count). The van der Waals surface area contributed by atoms with Gasteiger partial charge in [0.1, 0.15) is 12.1 Å². The number of nitrogens with zero attached hydrogens (tertiary/aromatic N) is 1. The smallest absolute Gasteiger partial charge is 0.241 e. The summed E-state index contributed by atoms with van der Waals surface area (Å²) in [6, 6.07) is 7.28. The molecular formula is C14H19ClN4O2. The molecule has 2 saturated heterocycles. The first-order valence-electron chi connectivity index (χ1n) is 7.06. The van der Waals surface area contributed by atoms with Crippen LogP contribution in [0.15, 0.2) is 24.3 Å². The first kappa shape index (κ1) is 14.7. The Balaban J connectivity index is 1.65. The maximum absolute atomic E-state index is 12.5. The van der Waals surface area contributed by atoms with E-state index in [9.17, 15) is 4.79 Å². The van der Waals surface area contributed by atoms with Crippen LogP contribution in [0.4, 0.5) is 0 Å². The second-order valence-electron chi connectivity index (χ2n) is 5.38. The van der Waals surface area contributed by atoms with Gasteiger partial charge in [-0.1, -0.05) is 23.7 Å². The highest BCUT2D eigenvalue weighted by atomic mass is 35.5. The van der Waals surface area contributed by atoms with Gasteiger partial charge in [0.15, 0.2) is 0 Å². The zero-order chi connectivity index (χ0) is 14.8. The number of hydrogen-bond acceptors (Lipinski definition) is 5. The molecule has 7 heteroatoms. The molecule has 0 aliphatic carbocycles. The molecule has 1 aromatic carbocycles. The third-order valence-corrected chi connectivity index (χ3v) is 4.10. The number of hydrazine groups is 1. The van der Waals surface area contributed by atoms with Crippen LogP contribution in [0, 0.1) is 0 Å². The molecule has 0 spiro atoms. The van der Waals surface area contributed by atoms with Crippen molar-refractivity contribution in [3.05, 3.63) is 34.9 Å². The molecular weight excluding hydrogens is 292 g/mol. The lowest BCUT2D eigenvalue weighted by atomic mass is 10.1. The van der Waals surface area contributed by atoms with Gasteiger partial charge in [-0.2, -0.15) is 0 Å². The van der Waals surface area contributed by atoms with Crippen molar-refractivity contribution in [2.24, 2.45) is 5.73 Å². The lowest BCUT2D eigenvalue weighted by molar-refractivity contribution is -0.141. The van der Waals surface area contributed by atoms with Gasteiger partial charge in [0.2, 0.25) is 5.91 Å². The standard InChI is InChI=1S/C14H19ClN4O2/c15-10-3-1-9(2-4-10)12-8-19(5-6-21-12)14(20)11-7-13(16)18-17-11/h1-4,11-13,17-18H,5-8,16H2. The van der Waals surface area contributed by atoms with Gasteiger partial charge in [-0.3, -0.25) is 4.79 Å². The summed E-state index contributed by atoms with van der Waals surface area (Å²) in [5.74, 6) is 0.0673. The minimum Gasteiger partial charge on any atom is -0.370 e. The molecule has 6 nitrogen and oxygen atoms in total. The molecule has 1 amide bonds. The van der Waals surface area contributed by atoms with Gasteiger partial charge in [0.25, 0.3) is 0 Å². The number of morpholine rings is 1. The molecule has 0 bridgehead atoms. The highest BCUT2D eigenvalue weighted by Gasteiger charge is 2.33. The first-order valence-corrected chi connectivity index (χ1v) is 7.44. The number of halogens is 1. The summed E-state index contributed by atoms with van der Waals surface area (Å²) in [7, 11) is 0. The number of nitrogens with two attached hydrogens (primary N) is 1. The van der Waals surface area contributed by atoms with Crippen molar-refractivity contribution in [2.45, 2.75) is 24.7 Å². The van der Waals surface area contributed by atoms with Crippen LogP contribution < -0.4 is 16.6 Å². The number of amides is 1. The number of rotatable bonds is 2. The second kappa shape index (κ2) is 6.29. The number of nitrogens with one attached hydrogen (secondary N) is 2. The van der Waals surface area contributed by atoms with Crippen molar-refractivity contribution in [3.63, 3.8) is 0 Å². The summed E-state index contributed by atoms with van der Waals surface area (Å²) in [4.78, 5) is 14.3. The highest BCUT2D eigenvalue weighted by Crippen LogP contribution is 2.24. The Kier molecular flexibility index (Phi) is 4.42. The number of benzene rings is 1. The topological polar surface area (TPSA) is 79.6 Å². The van der Waals surface area contributed by atoms with Gasteiger partial charge in [0, 0.05) is 18.0 Å². The van der Waals surface area contributed by atoms with Gasteiger partial charge in [-0.15, -0.1) is 0 Å². The quantitative estimate of drug-likeness (QED) is 0.736. The number of carbonyl (C=O) groups excluding carboxylic acids is 1. The fraction of sp³-hybridized carbons (Fsp3) is 0.500. The molecule has 2 aliphatic heterocycles. The predicted molar refractivity (Wildman–Crippen MR) is 79.4 cm³/mol. The maximum atomic E-state index is 12.5. The van der Waals surface area contributed by atoms with E-state index in [0.717, 1.165) is 5.56 Å². The predicted octanol–water partition coefficient (Wildman–Crippen LogP) is 0.391. The number of carbonyl (C=O) groups is 1. The van der Waals surface area contributed by atoms with E-state index in [2.05, 4.69) is 10.9 Å². The van der Waals surface area contributed by atoms with Gasteiger partial charge in [-0.25, -0.2) is 10.9 Å². The average Bonchev–Trinajstić information content (AvgIpc) is 2.94. The van der Waals surface area contributed by atoms with Crippen molar-refractivity contribution in [1.29, 1.82) is 0 Å². The molecule has 21 heavy (non-hydrogen) atoms. The molecule has 0 saturated carbocycles. The van der Waals surface area contributed by atoms with E-state index in [1.54, 1.807) is 0 Å². The van der Waals surface area contributed by atoms with Crippen LogP contribution in [-0.4, -0.2) is 42.7 Å². The largest absolute Gasteiger partial charge is 0.370 e. The molecule has 3 atom stereocenters. The Hall–Kier alpha value is -1.18. The molecule has 114 valence electrons. The van der Waals surface area contributed by atoms with Crippen LogP contribution in [0.2, 0.25) is 5.02 Å². The monoisotopic (exact) mass is 310 g/mol. The van der Waals surface area contributed by atoms with E-state index in [1.807, 2.05) is 29.2 Å². The van der Waals surface area contributed by atoms with Crippen LogP contribution in [0.3, 0.4) is 0 Å². The van der Waals surface area contributed by atoms with E-state index < -0.39 is 0 Å². The third kappa shape index (κ3) is 3.36. The fourth-order valence-electron chi connectivity index (χ4n) is 2.69. The van der Waals surface area contributed by atoms with Crippen molar-refractivity contribution in [1.82, 2.24) is 15.8 Å². The van der Waals surface area contributed by atoms with Crippen LogP contribution >= 0.6 is 11.6 Å². The van der Waals surface area contributed by atoms with E-state index in [-0.39, 0.29) is 24.2 Å². The number of ether oxygens (including phenoxy) is 1. The Morgan fingerprint density at radius 1 is 1.33 bits per heavy atom. The van der Waals surface area contributed by atoms with Crippen LogP contribution in [-0.2, 0) is 9.53 Å². The second-order valence-corrected chi connectivity index (χ2v) is 5.82. The van der Waals surface area contributed by atoms with Gasteiger partial charge >= 0.3 is 0 Å². The molecule has 0 aromatic heterocycles. The Labute approximate surface area is 128 Å². The lowest BCUT2D eigenvalue weighted by Crippen LogP contribution is -2.50. The average molecular weight is 311 g/mol. The van der Waals surface area contributed by atoms with E-state index in [4.69, 9.17) is 22.1 Å². The molecule has 2 fully saturated rings. The van der Waals surface area contributed by atoms with Gasteiger partial charge in [0.05, 0.1) is 19.3 Å². The molecule has 2 aliphatic rings. The summed E-state index contributed by atoms with van der Waals surface area (Å²) in [5, 5.41) is 0.692. The van der Waals surface area contributed by atoms with E-state index >= 15 is 0 Å². The Morgan fingerprint density at radius 3 is 2.76 bits per heavy atom. The Bertz CT molecular complexity index is 510.